The van der Waals surface area contributed by atoms with Crippen molar-refractivity contribution < 1.29 is 24.5 Å². The van der Waals surface area contributed by atoms with Crippen LogP contribution in [-0.2, 0) is 14.3 Å². The van der Waals surface area contributed by atoms with Gasteiger partial charge in [0.25, 0.3) is 0 Å². The minimum atomic E-state index is -0.843. The second-order valence-electron chi connectivity index (χ2n) is 22.8. The Morgan fingerprint density at radius 2 is 0.644 bits per heavy atom. The molecule has 73 heavy (non-hydrogen) atoms. The molecule has 0 aromatic heterocycles. The molecule has 0 aliphatic carbocycles. The summed E-state index contributed by atoms with van der Waals surface area (Å²) in [5.41, 5.74) is 0. The number of aliphatic hydroxyl groups is 2. The SMILES string of the molecule is CCCCCC/C=C\CCCCCCCC(=O)OCCCCCCCCCCCCCCCCCCCCCCCCCCCC(=O)NC(CO)C(O)/C=C/CCCCCCCCCCCCCCCCCC. The van der Waals surface area contributed by atoms with Crippen LogP contribution in [0.15, 0.2) is 24.3 Å². The summed E-state index contributed by atoms with van der Waals surface area (Å²) in [5, 5.41) is 23.2. The summed E-state index contributed by atoms with van der Waals surface area (Å²) in [6, 6.07) is -0.627. The van der Waals surface area contributed by atoms with E-state index < -0.39 is 12.1 Å². The summed E-state index contributed by atoms with van der Waals surface area (Å²) >= 11 is 0. The summed E-state index contributed by atoms with van der Waals surface area (Å²) in [5.74, 6) is -0.0561. The molecule has 0 saturated heterocycles. The highest BCUT2D eigenvalue weighted by Gasteiger charge is 2.18. The van der Waals surface area contributed by atoms with Gasteiger partial charge in [-0.3, -0.25) is 9.59 Å². The van der Waals surface area contributed by atoms with Crippen LogP contribution in [0.3, 0.4) is 0 Å². The van der Waals surface area contributed by atoms with Crippen LogP contribution in [0.4, 0.5) is 0 Å². The van der Waals surface area contributed by atoms with Crippen molar-refractivity contribution in [2.75, 3.05) is 13.2 Å². The first kappa shape index (κ1) is 71.3. The molecule has 2 unspecified atom stereocenters. The molecule has 0 aromatic rings. The lowest BCUT2D eigenvalue weighted by Crippen LogP contribution is -2.45. The summed E-state index contributed by atoms with van der Waals surface area (Å²) in [6.07, 6.45) is 78.1. The molecular formula is C67H129NO5. The number of aliphatic hydroxyl groups excluding tert-OH is 2. The Labute approximate surface area is 456 Å². The molecule has 0 bridgehead atoms. The number of allylic oxidation sites excluding steroid dienone is 3. The Morgan fingerprint density at radius 1 is 0.370 bits per heavy atom. The Hall–Kier alpha value is -1.66. The molecule has 3 N–H and O–H groups in total. The number of rotatable bonds is 62. The number of esters is 1. The predicted octanol–water partition coefficient (Wildman–Crippen LogP) is 21.0. The Kier molecular flexibility index (Phi) is 61.4. The van der Waals surface area contributed by atoms with Gasteiger partial charge in [-0.25, -0.2) is 0 Å². The van der Waals surface area contributed by atoms with Crippen LogP contribution in [0, 0.1) is 0 Å². The molecular weight excluding hydrogens is 899 g/mol. The zero-order valence-electron chi connectivity index (χ0n) is 49.4. The fraction of sp³-hybridized carbons (Fsp3) is 0.910. The molecule has 2 atom stereocenters. The predicted molar refractivity (Wildman–Crippen MR) is 320 cm³/mol. The highest BCUT2D eigenvalue weighted by molar-refractivity contribution is 5.76. The molecule has 0 aliphatic heterocycles. The van der Waals surface area contributed by atoms with Crippen LogP contribution in [0.25, 0.3) is 0 Å². The molecule has 0 aliphatic rings. The maximum Gasteiger partial charge on any atom is 0.305 e. The van der Waals surface area contributed by atoms with Gasteiger partial charge in [-0.15, -0.1) is 0 Å². The van der Waals surface area contributed by atoms with Crippen molar-refractivity contribution in [1.82, 2.24) is 5.32 Å². The van der Waals surface area contributed by atoms with Crippen LogP contribution >= 0.6 is 0 Å². The number of amides is 1. The Balaban J connectivity index is 3.39. The van der Waals surface area contributed by atoms with Crippen LogP contribution in [0.1, 0.15) is 367 Å². The number of hydrogen-bond acceptors (Lipinski definition) is 5. The van der Waals surface area contributed by atoms with Crippen molar-refractivity contribution in [3.05, 3.63) is 24.3 Å². The highest BCUT2D eigenvalue weighted by atomic mass is 16.5. The molecule has 432 valence electrons. The van der Waals surface area contributed by atoms with Crippen molar-refractivity contribution in [1.29, 1.82) is 0 Å². The molecule has 0 spiro atoms. The minimum absolute atomic E-state index is 0.00715. The molecule has 6 nitrogen and oxygen atoms in total. The standard InChI is InChI=1S/C67H129NO5/c1-3-5-7-9-11-13-15-17-18-19-29-32-36-39-43-47-51-55-59-65(70)64(63-69)68-66(71)60-56-52-48-44-40-37-33-30-27-25-23-21-20-22-24-26-28-31-34-38-42-46-50-54-58-62-73-67(72)61-57-53-49-45-41-35-16-14-12-10-8-6-4-2/h14,16,55,59,64-65,69-70H,3-13,15,17-54,56-58,60-63H2,1-2H3,(H,68,71)/b16-14-,59-55+. The average Bonchev–Trinajstić information content (AvgIpc) is 3.39. The number of hydrogen-bond donors (Lipinski definition) is 3. The monoisotopic (exact) mass is 1030 g/mol. The van der Waals surface area contributed by atoms with Crippen LogP contribution in [-0.4, -0.2) is 47.4 Å². The van der Waals surface area contributed by atoms with Gasteiger partial charge in [0.2, 0.25) is 5.91 Å². The summed E-state index contributed by atoms with van der Waals surface area (Å²) < 4.78 is 5.48. The average molecular weight is 1030 g/mol. The first-order valence-corrected chi connectivity index (χ1v) is 33.1. The third-order valence-corrected chi connectivity index (χ3v) is 15.5. The smallest absolute Gasteiger partial charge is 0.305 e. The van der Waals surface area contributed by atoms with Crippen LogP contribution in [0.2, 0.25) is 0 Å². The largest absolute Gasteiger partial charge is 0.466 e. The van der Waals surface area contributed by atoms with E-state index in [1.165, 1.54) is 295 Å². The van der Waals surface area contributed by atoms with Crippen molar-refractivity contribution in [2.45, 2.75) is 379 Å². The van der Waals surface area contributed by atoms with E-state index in [4.69, 9.17) is 4.74 Å². The van der Waals surface area contributed by atoms with Gasteiger partial charge in [0.15, 0.2) is 0 Å². The third-order valence-electron chi connectivity index (χ3n) is 15.5. The number of carbonyl (C=O) groups is 2. The van der Waals surface area contributed by atoms with E-state index in [0.717, 1.165) is 44.9 Å². The van der Waals surface area contributed by atoms with Gasteiger partial charge in [0.05, 0.1) is 25.4 Å². The zero-order valence-corrected chi connectivity index (χ0v) is 49.4. The summed E-state index contributed by atoms with van der Waals surface area (Å²) in [7, 11) is 0. The quantitative estimate of drug-likeness (QED) is 0.0320. The second-order valence-corrected chi connectivity index (χ2v) is 22.8. The fourth-order valence-corrected chi connectivity index (χ4v) is 10.4. The van der Waals surface area contributed by atoms with Gasteiger partial charge < -0.3 is 20.3 Å². The maximum atomic E-state index is 12.5. The summed E-state index contributed by atoms with van der Waals surface area (Å²) in [4.78, 5) is 24.5. The van der Waals surface area contributed by atoms with Gasteiger partial charge >= 0.3 is 5.97 Å². The van der Waals surface area contributed by atoms with Gasteiger partial charge in [-0.1, -0.05) is 321 Å². The van der Waals surface area contributed by atoms with Gasteiger partial charge in [-0.05, 0) is 57.8 Å². The van der Waals surface area contributed by atoms with E-state index in [2.05, 4.69) is 31.3 Å². The normalized spacial score (nSPS) is 12.7. The maximum absolute atomic E-state index is 12.5. The van der Waals surface area contributed by atoms with Crippen molar-refractivity contribution in [3.8, 4) is 0 Å². The van der Waals surface area contributed by atoms with Gasteiger partial charge in [0, 0.05) is 12.8 Å². The van der Waals surface area contributed by atoms with E-state index in [9.17, 15) is 19.8 Å². The molecule has 0 saturated carbocycles. The molecule has 0 rings (SSSR count). The molecule has 6 heteroatoms. The van der Waals surface area contributed by atoms with Crippen LogP contribution in [0.5, 0.6) is 0 Å². The van der Waals surface area contributed by atoms with E-state index >= 15 is 0 Å². The molecule has 0 aromatic carbocycles. The van der Waals surface area contributed by atoms with Crippen molar-refractivity contribution in [3.63, 3.8) is 0 Å². The first-order chi connectivity index (χ1) is 36.0. The Morgan fingerprint density at radius 3 is 0.986 bits per heavy atom. The Bertz CT molecular complexity index is 1140. The first-order valence-electron chi connectivity index (χ1n) is 33.1. The van der Waals surface area contributed by atoms with E-state index in [0.29, 0.717) is 19.4 Å². The molecule has 0 radical (unpaired) electrons. The van der Waals surface area contributed by atoms with E-state index in [1.807, 2.05) is 6.08 Å². The van der Waals surface area contributed by atoms with Gasteiger partial charge in [-0.2, -0.15) is 0 Å². The van der Waals surface area contributed by atoms with Crippen molar-refractivity contribution >= 4 is 11.9 Å². The minimum Gasteiger partial charge on any atom is -0.466 e. The third kappa shape index (κ3) is 59.4. The van der Waals surface area contributed by atoms with Gasteiger partial charge in [0.1, 0.15) is 0 Å². The molecule has 0 heterocycles. The number of nitrogens with one attached hydrogen (secondary N) is 1. The van der Waals surface area contributed by atoms with Crippen molar-refractivity contribution in [2.24, 2.45) is 0 Å². The second kappa shape index (κ2) is 62.9. The number of ether oxygens (including phenoxy) is 1. The zero-order chi connectivity index (χ0) is 52.9. The number of carbonyl (C=O) groups excluding carboxylic acids is 2. The molecule has 1 amide bonds. The lowest BCUT2D eigenvalue weighted by Gasteiger charge is -2.20. The van der Waals surface area contributed by atoms with E-state index in [1.54, 1.807) is 6.08 Å². The molecule has 0 fully saturated rings. The lowest BCUT2D eigenvalue weighted by atomic mass is 10.0. The van der Waals surface area contributed by atoms with E-state index in [-0.39, 0.29) is 18.5 Å². The topological polar surface area (TPSA) is 95.9 Å². The summed E-state index contributed by atoms with van der Waals surface area (Å²) in [6.45, 7) is 4.92. The number of unbranched alkanes of at least 4 members (excludes halogenated alkanes) is 49. The lowest BCUT2D eigenvalue weighted by molar-refractivity contribution is -0.143. The van der Waals surface area contributed by atoms with Crippen LogP contribution < -0.4 is 5.32 Å². The highest BCUT2D eigenvalue weighted by Crippen LogP contribution is 2.18. The fourth-order valence-electron chi connectivity index (χ4n) is 10.4.